The van der Waals surface area contributed by atoms with E-state index in [-0.39, 0.29) is 0 Å². The summed E-state index contributed by atoms with van der Waals surface area (Å²) in [5.41, 5.74) is 3.35. The number of fused-ring (bicyclic) bond motifs is 11. The Morgan fingerprint density at radius 3 is 1.70 bits per heavy atom. The minimum Gasteiger partial charge on any atom is -0.442 e. The highest BCUT2D eigenvalue weighted by atomic mass is 32.2. The van der Waals surface area contributed by atoms with Crippen LogP contribution in [0.1, 0.15) is 24.0 Å². The zero-order valence-electron chi connectivity index (χ0n) is 19.9. The minimum atomic E-state index is -4.44. The zero-order chi connectivity index (χ0) is 24.9. The van der Waals surface area contributed by atoms with E-state index in [1.54, 1.807) is 6.07 Å². The molecule has 5 heteroatoms. The standard InChI is InChI=1S/C32H22O4S/c33-37(34,35)32-17-30-23-16-29-27-14-21-8-4-3-6-19(21)12-25(27)24-11-18-5-1-2-7-20(18)13-26(24)28(29)15-22(23)9-10-31(30)36-32/h3-4,6,8-17H,1-2,5,7H2,(H,33,34,35). The lowest BCUT2D eigenvalue weighted by Crippen LogP contribution is -2.02. The second-order valence-corrected chi connectivity index (χ2v) is 11.6. The van der Waals surface area contributed by atoms with Crippen molar-refractivity contribution < 1.29 is 17.4 Å². The molecule has 1 N–H and O–H groups in total. The average Bonchev–Trinajstić information content (AvgIpc) is 3.36. The molecular weight excluding hydrogens is 480 g/mol. The van der Waals surface area contributed by atoms with Gasteiger partial charge < -0.3 is 4.42 Å². The van der Waals surface area contributed by atoms with Crippen LogP contribution in [-0.4, -0.2) is 13.0 Å². The molecule has 1 aliphatic carbocycles. The van der Waals surface area contributed by atoms with Crippen molar-refractivity contribution in [3.63, 3.8) is 0 Å². The Bertz CT molecular complexity index is 2220. The highest BCUT2D eigenvalue weighted by molar-refractivity contribution is 7.85. The maximum absolute atomic E-state index is 11.8. The molecule has 4 nitrogen and oxygen atoms in total. The van der Waals surface area contributed by atoms with Crippen molar-refractivity contribution in [1.29, 1.82) is 0 Å². The second kappa shape index (κ2) is 7.31. The third kappa shape index (κ3) is 3.08. The molecule has 0 atom stereocenters. The summed E-state index contributed by atoms with van der Waals surface area (Å²) in [7, 11) is -4.44. The molecule has 0 fully saturated rings. The summed E-state index contributed by atoms with van der Waals surface area (Å²) >= 11 is 0. The number of benzene rings is 6. The third-order valence-electron chi connectivity index (χ3n) is 8.12. The zero-order valence-corrected chi connectivity index (χ0v) is 20.7. The van der Waals surface area contributed by atoms with Gasteiger partial charge in [-0.05, 0) is 121 Å². The van der Waals surface area contributed by atoms with Crippen molar-refractivity contribution in [3.05, 3.63) is 90.0 Å². The van der Waals surface area contributed by atoms with Gasteiger partial charge in [-0.25, -0.2) is 0 Å². The van der Waals surface area contributed by atoms with Crippen LogP contribution in [0.3, 0.4) is 0 Å². The quantitative estimate of drug-likeness (QED) is 0.139. The molecular formula is C32H22O4S. The van der Waals surface area contributed by atoms with E-state index in [4.69, 9.17) is 4.42 Å². The highest BCUT2D eigenvalue weighted by Crippen LogP contribution is 2.42. The Hall–Kier alpha value is -3.93. The molecule has 0 unspecified atom stereocenters. The van der Waals surface area contributed by atoms with E-state index >= 15 is 0 Å². The van der Waals surface area contributed by atoms with Crippen LogP contribution in [-0.2, 0) is 23.0 Å². The molecule has 7 aromatic rings. The van der Waals surface area contributed by atoms with E-state index in [1.165, 1.54) is 67.7 Å². The fourth-order valence-electron chi connectivity index (χ4n) is 6.36. The highest BCUT2D eigenvalue weighted by Gasteiger charge is 2.20. The van der Waals surface area contributed by atoms with Gasteiger partial charge in [0.1, 0.15) is 5.58 Å². The molecule has 1 heterocycles. The molecule has 0 saturated heterocycles. The van der Waals surface area contributed by atoms with Crippen molar-refractivity contribution >= 4 is 74.9 Å². The number of furan rings is 1. The summed E-state index contributed by atoms with van der Waals surface area (Å²) < 4.78 is 38.6. The number of hydrogen-bond donors (Lipinski definition) is 1. The lowest BCUT2D eigenvalue weighted by molar-refractivity contribution is 0.424. The first kappa shape index (κ1) is 21.2. The monoisotopic (exact) mass is 502 g/mol. The Labute approximate surface area is 212 Å². The number of hydrogen-bond acceptors (Lipinski definition) is 3. The maximum atomic E-state index is 11.8. The van der Waals surface area contributed by atoms with Crippen LogP contribution in [0.4, 0.5) is 0 Å². The molecule has 0 amide bonds. The van der Waals surface area contributed by atoms with E-state index in [1.807, 2.05) is 6.07 Å². The summed E-state index contributed by atoms with van der Waals surface area (Å²) in [6, 6.07) is 27.4. The third-order valence-corrected chi connectivity index (χ3v) is 8.83. The van der Waals surface area contributed by atoms with Crippen molar-refractivity contribution in [2.24, 2.45) is 0 Å². The van der Waals surface area contributed by atoms with Crippen LogP contribution in [0, 0.1) is 0 Å². The van der Waals surface area contributed by atoms with Gasteiger partial charge in [-0.3, -0.25) is 4.55 Å². The molecule has 1 aliphatic rings. The van der Waals surface area contributed by atoms with Crippen molar-refractivity contribution in [2.45, 2.75) is 30.8 Å². The smallest absolute Gasteiger partial charge is 0.328 e. The lowest BCUT2D eigenvalue weighted by atomic mass is 9.85. The van der Waals surface area contributed by atoms with Gasteiger partial charge in [0, 0.05) is 11.5 Å². The predicted molar refractivity (Wildman–Crippen MR) is 150 cm³/mol. The SMILES string of the molecule is O=S(=O)(O)c1cc2c(ccc3cc4c5cc6c(cc5c5cc7ccccc7cc5c4cc32)CCCC6)o1. The normalized spacial score (nSPS) is 14.4. The molecule has 6 aromatic carbocycles. The summed E-state index contributed by atoms with van der Waals surface area (Å²) in [4.78, 5) is 0. The molecule has 8 rings (SSSR count). The van der Waals surface area contributed by atoms with Gasteiger partial charge in [0.05, 0.1) is 0 Å². The van der Waals surface area contributed by atoms with E-state index in [2.05, 4.69) is 60.7 Å². The van der Waals surface area contributed by atoms with E-state index in [0.717, 1.165) is 29.0 Å². The first-order valence-electron chi connectivity index (χ1n) is 12.6. The summed E-state index contributed by atoms with van der Waals surface area (Å²) in [5.74, 6) is 0. The molecule has 0 saturated carbocycles. The van der Waals surface area contributed by atoms with Gasteiger partial charge in [0.2, 0.25) is 5.09 Å². The van der Waals surface area contributed by atoms with Crippen LogP contribution in [0.15, 0.2) is 88.4 Å². The van der Waals surface area contributed by atoms with Crippen molar-refractivity contribution in [2.75, 3.05) is 0 Å². The maximum Gasteiger partial charge on any atom is 0.328 e. The Morgan fingerprint density at radius 2 is 1.11 bits per heavy atom. The van der Waals surface area contributed by atoms with Crippen molar-refractivity contribution in [3.8, 4) is 0 Å². The van der Waals surface area contributed by atoms with Crippen LogP contribution in [0.5, 0.6) is 0 Å². The first-order valence-corrected chi connectivity index (χ1v) is 14.1. The molecule has 0 radical (unpaired) electrons. The van der Waals surface area contributed by atoms with Gasteiger partial charge in [0.15, 0.2) is 0 Å². The topological polar surface area (TPSA) is 67.5 Å². The summed E-state index contributed by atoms with van der Waals surface area (Å²) in [5, 5.41) is 11.8. The van der Waals surface area contributed by atoms with Gasteiger partial charge in [0.25, 0.3) is 0 Å². The molecule has 0 aliphatic heterocycles. The van der Waals surface area contributed by atoms with Gasteiger partial charge >= 0.3 is 10.1 Å². The fraction of sp³-hybridized carbons (Fsp3) is 0.125. The molecule has 0 spiro atoms. The van der Waals surface area contributed by atoms with Gasteiger partial charge in [-0.1, -0.05) is 42.5 Å². The second-order valence-electron chi connectivity index (χ2n) is 10.3. The molecule has 1 aromatic heterocycles. The van der Waals surface area contributed by atoms with Gasteiger partial charge in [-0.2, -0.15) is 8.42 Å². The van der Waals surface area contributed by atoms with Crippen LogP contribution < -0.4 is 0 Å². The van der Waals surface area contributed by atoms with E-state index < -0.39 is 15.2 Å². The fourth-order valence-corrected chi connectivity index (χ4v) is 6.82. The van der Waals surface area contributed by atoms with Crippen molar-refractivity contribution in [1.82, 2.24) is 0 Å². The molecule has 37 heavy (non-hydrogen) atoms. The van der Waals surface area contributed by atoms with Crippen LogP contribution >= 0.6 is 0 Å². The minimum absolute atomic E-state index is 0.434. The Kier molecular flexibility index (Phi) is 4.19. The Balaban J connectivity index is 1.59. The Morgan fingerprint density at radius 1 is 0.568 bits per heavy atom. The number of aryl methyl sites for hydroxylation is 2. The van der Waals surface area contributed by atoms with Crippen LogP contribution in [0.25, 0.3) is 64.8 Å². The molecule has 0 bridgehead atoms. The van der Waals surface area contributed by atoms with E-state index in [0.29, 0.717) is 11.0 Å². The average molecular weight is 503 g/mol. The summed E-state index contributed by atoms with van der Waals surface area (Å²) in [6.45, 7) is 0. The number of rotatable bonds is 1. The largest absolute Gasteiger partial charge is 0.442 e. The van der Waals surface area contributed by atoms with Crippen LogP contribution in [0.2, 0.25) is 0 Å². The van der Waals surface area contributed by atoms with E-state index in [9.17, 15) is 13.0 Å². The molecule has 180 valence electrons. The lowest BCUT2D eigenvalue weighted by Gasteiger charge is -2.19. The first-order chi connectivity index (χ1) is 17.9. The van der Waals surface area contributed by atoms with Gasteiger partial charge in [-0.15, -0.1) is 0 Å². The summed E-state index contributed by atoms with van der Waals surface area (Å²) in [6.07, 6.45) is 4.71. The predicted octanol–water partition coefficient (Wildman–Crippen LogP) is 8.32.